The van der Waals surface area contributed by atoms with Crippen molar-refractivity contribution in [1.82, 2.24) is 0 Å². The Bertz CT molecular complexity index is 793. The van der Waals surface area contributed by atoms with Gasteiger partial charge in [-0.3, -0.25) is 0 Å². The molecule has 0 aliphatic heterocycles. The molecule has 0 aliphatic rings. The Hall–Kier alpha value is -3.07. The van der Waals surface area contributed by atoms with Crippen molar-refractivity contribution in [2.75, 3.05) is 0 Å². The number of carbonyl (C=O) groups is 1. The van der Waals surface area contributed by atoms with Gasteiger partial charge in [0.05, 0.1) is 5.56 Å². The number of benzene rings is 3. The maximum absolute atomic E-state index is 12.2. The van der Waals surface area contributed by atoms with E-state index in [0.29, 0.717) is 5.56 Å². The summed E-state index contributed by atoms with van der Waals surface area (Å²) in [5.41, 5.74) is 3.29. The van der Waals surface area contributed by atoms with Gasteiger partial charge in [0.2, 0.25) is 0 Å². The van der Waals surface area contributed by atoms with Crippen LogP contribution < -0.4 is 0 Å². The van der Waals surface area contributed by atoms with E-state index < -0.39 is 0 Å². The number of esters is 1. The van der Waals surface area contributed by atoms with Crippen molar-refractivity contribution in [3.05, 3.63) is 90.0 Å². The van der Waals surface area contributed by atoms with E-state index >= 15 is 0 Å². The van der Waals surface area contributed by atoms with Crippen LogP contribution in [0.25, 0.3) is 11.1 Å². The highest BCUT2D eigenvalue weighted by Crippen LogP contribution is 2.23. The maximum Gasteiger partial charge on any atom is 0.338 e. The van der Waals surface area contributed by atoms with Gasteiger partial charge in [0.1, 0.15) is 12.4 Å². The van der Waals surface area contributed by atoms with E-state index in [1.165, 1.54) is 0 Å². The van der Waals surface area contributed by atoms with Crippen LogP contribution in [0.15, 0.2) is 78.9 Å². The highest BCUT2D eigenvalue weighted by Gasteiger charge is 2.09. The van der Waals surface area contributed by atoms with Crippen LogP contribution in [-0.2, 0) is 11.3 Å². The minimum absolute atomic E-state index is 0.215. The number of ether oxygens (including phenoxy) is 1. The number of rotatable bonds is 4. The molecule has 3 aromatic carbocycles. The van der Waals surface area contributed by atoms with Crippen LogP contribution in [0.2, 0.25) is 0 Å². The summed E-state index contributed by atoms with van der Waals surface area (Å²) in [6.07, 6.45) is 0. The molecule has 0 saturated carbocycles. The van der Waals surface area contributed by atoms with Gasteiger partial charge in [-0.05, 0) is 41.0 Å². The van der Waals surface area contributed by atoms with Crippen LogP contribution in [0, 0.1) is 0 Å². The Morgan fingerprint density at radius 3 is 2.30 bits per heavy atom. The molecule has 0 radical (unpaired) electrons. The van der Waals surface area contributed by atoms with Crippen LogP contribution in [-0.4, -0.2) is 11.1 Å². The molecular weight excluding hydrogens is 288 g/mol. The molecule has 0 amide bonds. The third-order valence-corrected chi connectivity index (χ3v) is 3.51. The van der Waals surface area contributed by atoms with Gasteiger partial charge in [0.25, 0.3) is 0 Å². The smallest absolute Gasteiger partial charge is 0.338 e. The molecule has 0 bridgehead atoms. The van der Waals surface area contributed by atoms with E-state index in [0.717, 1.165) is 16.7 Å². The van der Waals surface area contributed by atoms with E-state index in [1.807, 2.05) is 54.6 Å². The molecule has 3 aromatic rings. The molecule has 0 saturated heterocycles. The molecule has 0 heterocycles. The Morgan fingerprint density at radius 1 is 0.826 bits per heavy atom. The molecule has 0 atom stereocenters. The maximum atomic E-state index is 12.2. The minimum atomic E-state index is -0.352. The first kappa shape index (κ1) is 14.9. The summed E-state index contributed by atoms with van der Waals surface area (Å²) in [6, 6.07) is 23.7. The standard InChI is InChI=1S/C20H16O3/c21-19-11-9-16(10-12-19)17-7-4-8-18(13-17)20(22)23-14-15-5-2-1-3-6-15/h1-13,21H,14H2. The number of phenolic OH excluding ortho intramolecular Hbond substituents is 1. The van der Waals surface area contributed by atoms with Gasteiger partial charge < -0.3 is 9.84 Å². The Labute approximate surface area is 134 Å². The number of carbonyl (C=O) groups excluding carboxylic acids is 1. The lowest BCUT2D eigenvalue weighted by atomic mass is 10.0. The lowest BCUT2D eigenvalue weighted by Crippen LogP contribution is -2.05. The summed E-state index contributed by atoms with van der Waals surface area (Å²) in [7, 11) is 0. The summed E-state index contributed by atoms with van der Waals surface area (Å²) in [5.74, 6) is -0.137. The van der Waals surface area contributed by atoms with Crippen molar-refractivity contribution >= 4 is 5.97 Å². The largest absolute Gasteiger partial charge is 0.508 e. The fourth-order valence-electron chi connectivity index (χ4n) is 2.29. The SMILES string of the molecule is O=C(OCc1ccccc1)c1cccc(-c2ccc(O)cc2)c1. The van der Waals surface area contributed by atoms with Gasteiger partial charge in [0, 0.05) is 0 Å². The van der Waals surface area contributed by atoms with Crippen LogP contribution in [0.4, 0.5) is 0 Å². The van der Waals surface area contributed by atoms with E-state index in [4.69, 9.17) is 4.74 Å². The monoisotopic (exact) mass is 304 g/mol. The summed E-state index contributed by atoms with van der Waals surface area (Å²) in [5, 5.41) is 9.35. The second-order valence-electron chi connectivity index (χ2n) is 5.19. The fraction of sp³-hybridized carbons (Fsp3) is 0.0500. The quantitative estimate of drug-likeness (QED) is 0.726. The normalized spacial score (nSPS) is 10.3. The topological polar surface area (TPSA) is 46.5 Å². The molecule has 114 valence electrons. The predicted molar refractivity (Wildman–Crippen MR) is 89.1 cm³/mol. The highest BCUT2D eigenvalue weighted by atomic mass is 16.5. The van der Waals surface area contributed by atoms with E-state index in [1.54, 1.807) is 24.3 Å². The Kier molecular flexibility index (Phi) is 4.39. The number of hydrogen-bond acceptors (Lipinski definition) is 3. The molecule has 3 rings (SSSR count). The first-order valence-electron chi connectivity index (χ1n) is 7.33. The van der Waals surface area contributed by atoms with Gasteiger partial charge in [-0.1, -0.05) is 54.6 Å². The van der Waals surface area contributed by atoms with Crippen molar-refractivity contribution in [3.8, 4) is 16.9 Å². The molecule has 0 spiro atoms. The minimum Gasteiger partial charge on any atom is -0.508 e. The molecule has 3 heteroatoms. The fourth-order valence-corrected chi connectivity index (χ4v) is 2.29. The van der Waals surface area contributed by atoms with Crippen molar-refractivity contribution in [2.45, 2.75) is 6.61 Å². The number of hydrogen-bond donors (Lipinski definition) is 1. The van der Waals surface area contributed by atoms with Gasteiger partial charge in [-0.15, -0.1) is 0 Å². The van der Waals surface area contributed by atoms with Gasteiger partial charge >= 0.3 is 5.97 Å². The van der Waals surface area contributed by atoms with E-state index in [2.05, 4.69) is 0 Å². The molecule has 1 N–H and O–H groups in total. The summed E-state index contributed by atoms with van der Waals surface area (Å²) >= 11 is 0. The predicted octanol–water partition coefficient (Wildman–Crippen LogP) is 4.42. The molecule has 0 fully saturated rings. The Balaban J connectivity index is 1.74. The van der Waals surface area contributed by atoms with Crippen molar-refractivity contribution < 1.29 is 14.6 Å². The number of phenols is 1. The van der Waals surface area contributed by atoms with Crippen LogP contribution >= 0.6 is 0 Å². The highest BCUT2D eigenvalue weighted by molar-refractivity contribution is 5.91. The molecule has 0 aromatic heterocycles. The lowest BCUT2D eigenvalue weighted by molar-refractivity contribution is 0.0473. The van der Waals surface area contributed by atoms with E-state index in [9.17, 15) is 9.90 Å². The van der Waals surface area contributed by atoms with Crippen molar-refractivity contribution in [1.29, 1.82) is 0 Å². The number of aromatic hydroxyl groups is 1. The molecule has 3 nitrogen and oxygen atoms in total. The van der Waals surface area contributed by atoms with Crippen LogP contribution in [0.1, 0.15) is 15.9 Å². The zero-order valence-corrected chi connectivity index (χ0v) is 12.5. The first-order valence-corrected chi connectivity index (χ1v) is 7.33. The van der Waals surface area contributed by atoms with Gasteiger partial charge in [-0.2, -0.15) is 0 Å². The summed E-state index contributed by atoms with van der Waals surface area (Å²) < 4.78 is 5.35. The lowest BCUT2D eigenvalue weighted by Gasteiger charge is -2.07. The van der Waals surface area contributed by atoms with Crippen LogP contribution in [0.3, 0.4) is 0 Å². The summed E-state index contributed by atoms with van der Waals surface area (Å²) in [6.45, 7) is 0.253. The molecule has 0 unspecified atom stereocenters. The second-order valence-corrected chi connectivity index (χ2v) is 5.19. The van der Waals surface area contributed by atoms with Gasteiger partial charge in [0.15, 0.2) is 0 Å². The zero-order chi connectivity index (χ0) is 16.1. The summed E-state index contributed by atoms with van der Waals surface area (Å²) in [4.78, 5) is 12.2. The van der Waals surface area contributed by atoms with Crippen molar-refractivity contribution in [2.24, 2.45) is 0 Å². The zero-order valence-electron chi connectivity index (χ0n) is 12.5. The van der Waals surface area contributed by atoms with Crippen molar-refractivity contribution in [3.63, 3.8) is 0 Å². The average Bonchev–Trinajstić information content (AvgIpc) is 2.61. The van der Waals surface area contributed by atoms with E-state index in [-0.39, 0.29) is 18.3 Å². The van der Waals surface area contributed by atoms with Crippen LogP contribution in [0.5, 0.6) is 5.75 Å². The first-order chi connectivity index (χ1) is 11.2. The second kappa shape index (κ2) is 6.79. The third kappa shape index (κ3) is 3.77. The van der Waals surface area contributed by atoms with Gasteiger partial charge in [-0.25, -0.2) is 4.79 Å². The molecule has 0 aliphatic carbocycles. The molecular formula is C20H16O3. The molecule has 23 heavy (non-hydrogen) atoms. The third-order valence-electron chi connectivity index (χ3n) is 3.51. The average molecular weight is 304 g/mol. The Morgan fingerprint density at radius 2 is 1.57 bits per heavy atom.